The number of aromatic nitrogens is 4. The van der Waals surface area contributed by atoms with Crippen molar-refractivity contribution in [3.8, 4) is 11.1 Å². The van der Waals surface area contributed by atoms with Crippen LogP contribution >= 0.6 is 0 Å². The summed E-state index contributed by atoms with van der Waals surface area (Å²) in [5.74, 6) is -0.729. The third-order valence-corrected chi connectivity index (χ3v) is 5.08. The van der Waals surface area contributed by atoms with Crippen molar-refractivity contribution in [2.24, 2.45) is 5.92 Å². The van der Waals surface area contributed by atoms with Crippen molar-refractivity contribution in [3.63, 3.8) is 0 Å². The molecular formula is C19H16FN5O. The molecule has 0 unspecified atom stereocenters. The van der Waals surface area contributed by atoms with Crippen molar-refractivity contribution >= 4 is 28.3 Å². The van der Waals surface area contributed by atoms with Crippen LogP contribution in [0.4, 0.5) is 10.2 Å². The second kappa shape index (κ2) is 5.14. The van der Waals surface area contributed by atoms with E-state index in [1.54, 1.807) is 10.7 Å². The molecule has 0 saturated heterocycles. The maximum atomic E-state index is 13.4. The second-order valence-corrected chi connectivity index (χ2v) is 6.75. The number of pyridine rings is 1. The number of ketones is 1. The minimum Gasteiger partial charge on any atom is -0.382 e. The molecule has 1 aliphatic rings. The number of nitrogens with two attached hydrogens (primary N) is 1. The average Bonchev–Trinajstić information content (AvgIpc) is 3.04. The van der Waals surface area contributed by atoms with E-state index in [0.717, 1.165) is 27.7 Å². The smallest absolute Gasteiger partial charge is 0.189 e. The molecule has 1 saturated carbocycles. The number of aromatic amines is 1. The summed E-state index contributed by atoms with van der Waals surface area (Å²) in [5, 5.41) is 0. The molecule has 0 bridgehead atoms. The summed E-state index contributed by atoms with van der Waals surface area (Å²) in [6, 6.07) is 7.74. The van der Waals surface area contributed by atoms with Gasteiger partial charge in [-0.2, -0.15) is 0 Å². The van der Waals surface area contributed by atoms with Gasteiger partial charge in [-0.1, -0.05) is 6.07 Å². The van der Waals surface area contributed by atoms with Crippen LogP contribution in [-0.2, 0) is 0 Å². The Morgan fingerprint density at radius 1 is 1.35 bits per heavy atom. The number of nitrogens with zero attached hydrogens (tertiary/aromatic N) is 3. The molecule has 6 nitrogen and oxygen atoms in total. The lowest BCUT2D eigenvalue weighted by Gasteiger charge is -2.08. The summed E-state index contributed by atoms with van der Waals surface area (Å²) in [6.45, 7) is 2.01. The number of rotatable bonds is 3. The molecule has 130 valence electrons. The molecule has 0 spiro atoms. The first-order chi connectivity index (χ1) is 12.5. The number of H-pyrrole nitrogens is 1. The lowest BCUT2D eigenvalue weighted by atomic mass is 10.0. The van der Waals surface area contributed by atoms with Gasteiger partial charge in [0, 0.05) is 6.20 Å². The molecule has 0 amide bonds. The number of halogens is 1. The number of nitrogen functional groups attached to an aromatic ring is 1. The Labute approximate surface area is 147 Å². The van der Waals surface area contributed by atoms with E-state index in [9.17, 15) is 9.18 Å². The number of carbonyl (C=O) groups is 1. The molecule has 3 N–H and O–H groups in total. The number of fused-ring (bicyclic) bond motifs is 2. The summed E-state index contributed by atoms with van der Waals surface area (Å²) in [7, 11) is 0. The summed E-state index contributed by atoms with van der Waals surface area (Å²) in [4.78, 5) is 24.3. The molecule has 1 aliphatic carbocycles. The zero-order chi connectivity index (χ0) is 18.0. The predicted molar refractivity (Wildman–Crippen MR) is 96.8 cm³/mol. The highest BCUT2D eigenvalue weighted by Crippen LogP contribution is 2.38. The van der Waals surface area contributed by atoms with E-state index >= 15 is 0 Å². The van der Waals surface area contributed by atoms with Crippen LogP contribution in [-0.4, -0.2) is 31.3 Å². The molecule has 2 atom stereocenters. The molecule has 4 aromatic rings. The molecule has 3 aromatic heterocycles. The monoisotopic (exact) mass is 349 g/mol. The Balaban J connectivity index is 1.69. The molecular weight excluding hydrogens is 333 g/mol. The Bertz CT molecular complexity index is 1190. The van der Waals surface area contributed by atoms with Crippen LogP contribution in [0.5, 0.6) is 0 Å². The van der Waals surface area contributed by atoms with Gasteiger partial charge in [0.25, 0.3) is 0 Å². The summed E-state index contributed by atoms with van der Waals surface area (Å²) in [5.41, 5.74) is 11.6. The van der Waals surface area contributed by atoms with Crippen molar-refractivity contribution < 1.29 is 9.18 Å². The second-order valence-electron chi connectivity index (χ2n) is 6.75. The van der Waals surface area contributed by atoms with Crippen molar-refractivity contribution in [1.29, 1.82) is 0 Å². The highest BCUT2D eigenvalue weighted by molar-refractivity contribution is 6.03. The van der Waals surface area contributed by atoms with E-state index in [-0.39, 0.29) is 23.7 Å². The Hall–Kier alpha value is -3.22. The lowest BCUT2D eigenvalue weighted by molar-refractivity contribution is 0.0952. The van der Waals surface area contributed by atoms with Gasteiger partial charge >= 0.3 is 0 Å². The molecule has 3 heterocycles. The van der Waals surface area contributed by atoms with E-state index in [4.69, 9.17) is 5.73 Å². The van der Waals surface area contributed by atoms with Gasteiger partial charge in [0.2, 0.25) is 0 Å². The van der Waals surface area contributed by atoms with Gasteiger partial charge < -0.3 is 10.7 Å². The summed E-state index contributed by atoms with van der Waals surface area (Å²) >= 11 is 0. The number of aryl methyl sites for hydroxylation is 1. The van der Waals surface area contributed by atoms with Gasteiger partial charge in [-0.15, -0.1) is 0 Å². The minimum absolute atomic E-state index is 0.144. The molecule has 0 radical (unpaired) electrons. The van der Waals surface area contributed by atoms with E-state index in [0.29, 0.717) is 5.65 Å². The fraction of sp³-hybridized carbons (Fsp3) is 0.211. The largest absolute Gasteiger partial charge is 0.382 e. The van der Waals surface area contributed by atoms with Gasteiger partial charge in [-0.05, 0) is 48.2 Å². The number of anilines is 1. The van der Waals surface area contributed by atoms with Gasteiger partial charge in [0.1, 0.15) is 17.5 Å². The molecule has 5 rings (SSSR count). The standard InChI is InChI=1S/C19H16FN5O/c1-9-11(3-4-14-16(9)23-8-22-14)10-2-5-15-24-19(21)17(25(15)7-10)18(26)12-6-13(12)20/h2-5,7-8,12-13H,6,21H2,1H3,(H,22,23)/t12-,13+/m1/s1. The zero-order valence-electron chi connectivity index (χ0n) is 14.0. The number of imidazole rings is 2. The van der Waals surface area contributed by atoms with Crippen molar-refractivity contribution in [2.75, 3.05) is 5.73 Å². The van der Waals surface area contributed by atoms with Crippen molar-refractivity contribution in [2.45, 2.75) is 19.5 Å². The number of carbonyl (C=O) groups excluding carboxylic acids is 1. The van der Waals surface area contributed by atoms with Gasteiger partial charge in [0.15, 0.2) is 11.6 Å². The van der Waals surface area contributed by atoms with E-state index in [1.165, 1.54) is 0 Å². The van der Waals surface area contributed by atoms with Crippen molar-refractivity contribution in [1.82, 2.24) is 19.4 Å². The number of Topliss-reactive ketones (excluding diaryl/α,β-unsaturated/α-hetero) is 1. The normalized spacial score (nSPS) is 19.3. The third-order valence-electron chi connectivity index (χ3n) is 5.08. The Morgan fingerprint density at radius 3 is 2.92 bits per heavy atom. The molecule has 1 aromatic carbocycles. The number of hydrogen-bond donors (Lipinski definition) is 2. The number of alkyl halides is 1. The number of benzene rings is 1. The van der Waals surface area contributed by atoms with E-state index in [1.807, 2.05) is 37.4 Å². The first kappa shape index (κ1) is 15.1. The van der Waals surface area contributed by atoms with Crippen LogP contribution in [0.2, 0.25) is 0 Å². The fourth-order valence-corrected chi connectivity index (χ4v) is 3.54. The molecule has 0 aliphatic heterocycles. The van der Waals surface area contributed by atoms with Crippen LogP contribution in [0, 0.1) is 12.8 Å². The van der Waals surface area contributed by atoms with Crippen LogP contribution in [0.15, 0.2) is 36.8 Å². The van der Waals surface area contributed by atoms with E-state index in [2.05, 4.69) is 15.0 Å². The Morgan fingerprint density at radius 2 is 2.15 bits per heavy atom. The number of hydrogen-bond acceptors (Lipinski definition) is 4. The SMILES string of the molecule is Cc1c(-c2ccc3nc(N)c(C(=O)[C@@H]4C[C@@H]4F)n3c2)ccc2[nH]cnc12. The minimum atomic E-state index is -1.07. The highest BCUT2D eigenvalue weighted by Gasteiger charge is 2.45. The van der Waals surface area contributed by atoms with Gasteiger partial charge in [-0.25, -0.2) is 14.4 Å². The first-order valence-corrected chi connectivity index (χ1v) is 8.43. The van der Waals surface area contributed by atoms with E-state index < -0.39 is 12.1 Å². The quantitative estimate of drug-likeness (QED) is 0.555. The molecule has 26 heavy (non-hydrogen) atoms. The van der Waals surface area contributed by atoms with Crippen LogP contribution < -0.4 is 5.73 Å². The summed E-state index contributed by atoms with van der Waals surface area (Å²) < 4.78 is 15.0. The van der Waals surface area contributed by atoms with Gasteiger partial charge in [0.05, 0.1) is 23.3 Å². The molecule has 7 heteroatoms. The third kappa shape index (κ3) is 2.06. The summed E-state index contributed by atoms with van der Waals surface area (Å²) in [6.07, 6.45) is 2.70. The zero-order valence-corrected chi connectivity index (χ0v) is 14.0. The lowest BCUT2D eigenvalue weighted by Crippen LogP contribution is -2.10. The predicted octanol–water partition coefficient (Wildman–Crippen LogP) is 3.31. The van der Waals surface area contributed by atoms with Gasteiger partial charge in [-0.3, -0.25) is 9.20 Å². The number of nitrogens with one attached hydrogen (secondary N) is 1. The van der Waals surface area contributed by atoms with Crippen LogP contribution in [0.25, 0.3) is 27.8 Å². The Kier molecular flexibility index (Phi) is 2.98. The van der Waals surface area contributed by atoms with Crippen molar-refractivity contribution in [3.05, 3.63) is 48.0 Å². The maximum absolute atomic E-state index is 13.4. The van der Waals surface area contributed by atoms with Crippen LogP contribution in [0.1, 0.15) is 22.5 Å². The first-order valence-electron chi connectivity index (χ1n) is 8.43. The fourth-order valence-electron chi connectivity index (χ4n) is 3.54. The average molecular weight is 349 g/mol. The van der Waals surface area contributed by atoms with Crippen LogP contribution in [0.3, 0.4) is 0 Å². The maximum Gasteiger partial charge on any atom is 0.189 e. The highest BCUT2D eigenvalue weighted by atomic mass is 19.1. The molecule has 1 fully saturated rings. The topological polar surface area (TPSA) is 89.1 Å².